The van der Waals surface area contributed by atoms with E-state index in [1.807, 2.05) is 49.1 Å². The topological polar surface area (TPSA) is 48.9 Å². The minimum Gasteiger partial charge on any atom is -0.489 e. The molecule has 0 radical (unpaired) electrons. The summed E-state index contributed by atoms with van der Waals surface area (Å²) in [5, 5.41) is 6.66. The highest BCUT2D eigenvalue weighted by atomic mass is 19.3. The van der Waals surface area contributed by atoms with Gasteiger partial charge in [0.1, 0.15) is 11.9 Å². The molecule has 5 nitrogen and oxygen atoms in total. The van der Waals surface area contributed by atoms with E-state index in [-0.39, 0.29) is 18.7 Å². The van der Waals surface area contributed by atoms with E-state index in [9.17, 15) is 8.78 Å². The summed E-state index contributed by atoms with van der Waals surface area (Å²) in [5.74, 6) is 1.59. The maximum Gasteiger partial charge on any atom is 0.251 e. The highest BCUT2D eigenvalue weighted by molar-refractivity contribution is 5.80. The SMILES string of the molecule is CCNC(=NCC(C)Oc1ccccc1)NC1CCN(CC(F)F)CC1. The van der Waals surface area contributed by atoms with Crippen LogP contribution in [0.25, 0.3) is 0 Å². The fourth-order valence-electron chi connectivity index (χ4n) is 2.96. The monoisotopic (exact) mass is 368 g/mol. The number of guanidine groups is 1. The predicted molar refractivity (Wildman–Crippen MR) is 101 cm³/mol. The largest absolute Gasteiger partial charge is 0.489 e. The van der Waals surface area contributed by atoms with Gasteiger partial charge in [-0.2, -0.15) is 0 Å². The van der Waals surface area contributed by atoms with Crippen LogP contribution in [0.15, 0.2) is 35.3 Å². The van der Waals surface area contributed by atoms with Crippen molar-refractivity contribution in [3.8, 4) is 5.75 Å². The van der Waals surface area contributed by atoms with Crippen LogP contribution in [0.4, 0.5) is 8.78 Å². The molecule has 1 saturated heterocycles. The van der Waals surface area contributed by atoms with Crippen molar-refractivity contribution in [1.29, 1.82) is 0 Å². The first-order valence-electron chi connectivity index (χ1n) is 9.34. The summed E-state index contributed by atoms with van der Waals surface area (Å²) in [6.07, 6.45) is -0.620. The number of piperidine rings is 1. The van der Waals surface area contributed by atoms with Gasteiger partial charge in [-0.05, 0) is 38.8 Å². The van der Waals surface area contributed by atoms with Gasteiger partial charge in [0.05, 0.1) is 13.1 Å². The standard InChI is InChI=1S/C19H30F2N4O/c1-3-22-19(23-13-15(2)26-17-7-5-4-6-8-17)24-16-9-11-25(12-10-16)14-18(20)21/h4-8,15-16,18H,3,9-14H2,1-2H3,(H2,22,23,24). The Balaban J connectivity index is 1.79. The van der Waals surface area contributed by atoms with Crippen molar-refractivity contribution in [3.05, 3.63) is 30.3 Å². The van der Waals surface area contributed by atoms with Crippen LogP contribution in [-0.4, -0.2) is 62.2 Å². The van der Waals surface area contributed by atoms with Gasteiger partial charge in [0.2, 0.25) is 0 Å². The highest BCUT2D eigenvalue weighted by Crippen LogP contribution is 2.12. The third-order valence-corrected chi connectivity index (χ3v) is 4.26. The molecule has 0 amide bonds. The summed E-state index contributed by atoms with van der Waals surface area (Å²) in [4.78, 5) is 6.43. The Hall–Kier alpha value is -1.89. The Labute approximate surface area is 154 Å². The van der Waals surface area contributed by atoms with Crippen molar-refractivity contribution in [1.82, 2.24) is 15.5 Å². The molecule has 2 rings (SSSR count). The minimum absolute atomic E-state index is 0.0410. The molecule has 0 bridgehead atoms. The number of hydrogen-bond acceptors (Lipinski definition) is 3. The zero-order valence-corrected chi connectivity index (χ0v) is 15.6. The number of hydrogen-bond donors (Lipinski definition) is 2. The zero-order valence-electron chi connectivity index (χ0n) is 15.6. The number of benzene rings is 1. The maximum atomic E-state index is 12.5. The van der Waals surface area contributed by atoms with Gasteiger partial charge >= 0.3 is 0 Å². The molecule has 0 saturated carbocycles. The zero-order chi connectivity index (χ0) is 18.8. The van der Waals surface area contributed by atoms with Gasteiger partial charge in [-0.15, -0.1) is 0 Å². The third-order valence-electron chi connectivity index (χ3n) is 4.26. The Morgan fingerprint density at radius 2 is 1.96 bits per heavy atom. The van der Waals surface area contributed by atoms with Crippen LogP contribution in [0.1, 0.15) is 26.7 Å². The van der Waals surface area contributed by atoms with Crippen LogP contribution >= 0.6 is 0 Å². The third kappa shape index (κ3) is 7.56. The average molecular weight is 368 g/mol. The first-order valence-corrected chi connectivity index (χ1v) is 9.34. The Kier molecular flexibility index (Phi) is 8.61. The van der Waals surface area contributed by atoms with E-state index in [2.05, 4.69) is 15.6 Å². The van der Waals surface area contributed by atoms with Gasteiger partial charge in [-0.1, -0.05) is 18.2 Å². The smallest absolute Gasteiger partial charge is 0.251 e. The molecule has 146 valence electrons. The number of likely N-dealkylation sites (tertiary alicyclic amines) is 1. The van der Waals surface area contributed by atoms with Crippen molar-refractivity contribution in [2.45, 2.75) is 45.3 Å². The molecule has 1 fully saturated rings. The van der Waals surface area contributed by atoms with Gasteiger partial charge in [0.25, 0.3) is 6.43 Å². The Morgan fingerprint density at radius 1 is 1.27 bits per heavy atom. The Morgan fingerprint density at radius 3 is 2.58 bits per heavy atom. The summed E-state index contributed by atoms with van der Waals surface area (Å²) in [6.45, 7) is 6.56. The second-order valence-corrected chi connectivity index (χ2v) is 6.57. The van der Waals surface area contributed by atoms with Crippen molar-refractivity contribution in [3.63, 3.8) is 0 Å². The van der Waals surface area contributed by atoms with Gasteiger partial charge in [-0.25, -0.2) is 13.8 Å². The molecule has 0 spiro atoms. The maximum absolute atomic E-state index is 12.5. The van der Waals surface area contributed by atoms with E-state index in [1.165, 1.54) is 0 Å². The molecule has 1 unspecified atom stereocenters. The molecule has 1 atom stereocenters. The fraction of sp³-hybridized carbons (Fsp3) is 0.632. The van der Waals surface area contributed by atoms with Crippen LogP contribution in [-0.2, 0) is 0 Å². The van der Waals surface area contributed by atoms with E-state index in [4.69, 9.17) is 4.74 Å². The number of aliphatic imine (C=N–C) groups is 1. The normalized spacial score (nSPS) is 18.0. The van der Waals surface area contributed by atoms with Crippen LogP contribution in [0, 0.1) is 0 Å². The van der Waals surface area contributed by atoms with Crippen molar-refractivity contribution < 1.29 is 13.5 Å². The second-order valence-electron chi connectivity index (χ2n) is 6.57. The lowest BCUT2D eigenvalue weighted by molar-refractivity contribution is 0.0744. The number of ether oxygens (including phenoxy) is 1. The number of nitrogens with one attached hydrogen (secondary N) is 2. The molecule has 1 aromatic rings. The molecule has 2 N–H and O–H groups in total. The molecule has 1 aliphatic rings. The molecule has 1 heterocycles. The van der Waals surface area contributed by atoms with E-state index in [1.54, 1.807) is 0 Å². The number of halogens is 2. The van der Waals surface area contributed by atoms with Gasteiger partial charge in [0.15, 0.2) is 5.96 Å². The molecular weight excluding hydrogens is 338 g/mol. The quantitative estimate of drug-likeness (QED) is 0.547. The molecule has 7 heteroatoms. The van der Waals surface area contributed by atoms with Crippen LogP contribution < -0.4 is 15.4 Å². The van der Waals surface area contributed by atoms with Crippen LogP contribution in [0.3, 0.4) is 0 Å². The van der Waals surface area contributed by atoms with Crippen LogP contribution in [0.2, 0.25) is 0 Å². The number of para-hydroxylation sites is 1. The highest BCUT2D eigenvalue weighted by Gasteiger charge is 2.22. The van der Waals surface area contributed by atoms with E-state index in [0.29, 0.717) is 19.6 Å². The molecule has 0 aliphatic carbocycles. The lowest BCUT2D eigenvalue weighted by atomic mass is 10.1. The summed E-state index contributed by atoms with van der Waals surface area (Å²) in [6, 6.07) is 9.95. The molecule has 26 heavy (non-hydrogen) atoms. The molecular formula is C19H30F2N4O. The van der Waals surface area contributed by atoms with Gasteiger partial charge < -0.3 is 15.4 Å². The fourth-order valence-corrected chi connectivity index (χ4v) is 2.96. The van der Waals surface area contributed by atoms with Crippen molar-refractivity contribution >= 4 is 5.96 Å². The van der Waals surface area contributed by atoms with E-state index in [0.717, 1.165) is 31.1 Å². The number of rotatable bonds is 8. The second kappa shape index (κ2) is 11.0. The summed E-state index contributed by atoms with van der Waals surface area (Å²) in [7, 11) is 0. The summed E-state index contributed by atoms with van der Waals surface area (Å²) < 4.78 is 30.8. The molecule has 0 aromatic heterocycles. The predicted octanol–water partition coefficient (Wildman–Crippen LogP) is 2.74. The molecule has 1 aliphatic heterocycles. The van der Waals surface area contributed by atoms with Gasteiger partial charge in [-0.3, -0.25) is 4.90 Å². The van der Waals surface area contributed by atoms with E-state index < -0.39 is 6.43 Å². The Bertz CT molecular complexity index is 534. The van der Waals surface area contributed by atoms with Crippen molar-refractivity contribution in [2.75, 3.05) is 32.7 Å². The lowest BCUT2D eigenvalue weighted by Gasteiger charge is -2.32. The first-order chi connectivity index (χ1) is 12.6. The minimum atomic E-state index is -2.26. The van der Waals surface area contributed by atoms with Crippen molar-refractivity contribution in [2.24, 2.45) is 4.99 Å². The number of nitrogens with zero attached hydrogens (tertiary/aromatic N) is 2. The summed E-state index contributed by atoms with van der Waals surface area (Å²) >= 11 is 0. The number of alkyl halides is 2. The lowest BCUT2D eigenvalue weighted by Crippen LogP contribution is -2.49. The summed E-state index contributed by atoms with van der Waals surface area (Å²) in [5.41, 5.74) is 0. The first kappa shape index (κ1) is 20.4. The van der Waals surface area contributed by atoms with Gasteiger partial charge in [0, 0.05) is 25.7 Å². The van der Waals surface area contributed by atoms with Crippen LogP contribution in [0.5, 0.6) is 5.75 Å². The molecule has 1 aromatic carbocycles. The average Bonchev–Trinajstić information content (AvgIpc) is 2.62. The van der Waals surface area contributed by atoms with E-state index >= 15 is 0 Å².